The largest absolute Gasteiger partial charge is 0.361 e. The highest BCUT2D eigenvalue weighted by Gasteiger charge is 2.27. The third kappa shape index (κ3) is 6.71. The van der Waals surface area contributed by atoms with Gasteiger partial charge in [0.2, 0.25) is 10.0 Å². The van der Waals surface area contributed by atoms with Gasteiger partial charge in [-0.3, -0.25) is 4.98 Å². The number of H-pyrrole nitrogens is 2. The number of halogens is 3. The Morgan fingerprint density at radius 3 is 1.80 bits per heavy atom. The Labute approximate surface area is 281 Å². The molecule has 7 rings (SSSR count). The fourth-order valence-corrected chi connectivity index (χ4v) is 7.27. The molecule has 11 heteroatoms. The van der Waals surface area contributed by atoms with E-state index in [-0.39, 0.29) is 23.8 Å². The lowest BCUT2D eigenvalue weighted by Gasteiger charge is -2.21. The molecule has 7 aromatic rings. The SMILES string of the molecule is O=S(=O)(c1cccnc1)N(Cc1c[nH]c(-c2ccccc2F)c1)Cc1cc(-c2ccccc2F)n(Cc2c[nH]c(-c3ccccc3F)c2)c1. The third-order valence-corrected chi connectivity index (χ3v) is 10.0. The zero-order valence-corrected chi connectivity index (χ0v) is 26.8. The number of benzene rings is 3. The first-order valence-electron chi connectivity index (χ1n) is 15.4. The van der Waals surface area contributed by atoms with Crippen LogP contribution in [0.3, 0.4) is 0 Å². The summed E-state index contributed by atoms with van der Waals surface area (Å²) in [5.41, 5.74) is 4.84. The van der Waals surface area contributed by atoms with Gasteiger partial charge < -0.3 is 14.5 Å². The second kappa shape index (κ2) is 13.5. The van der Waals surface area contributed by atoms with Gasteiger partial charge in [0, 0.05) is 78.7 Å². The molecule has 0 amide bonds. The summed E-state index contributed by atoms with van der Waals surface area (Å²) in [6.07, 6.45) is 8.01. The molecule has 0 aliphatic heterocycles. The fraction of sp³-hybridized carbons (Fsp3) is 0.0789. The Hall–Kier alpha value is -5.65. The third-order valence-electron chi connectivity index (χ3n) is 8.26. The van der Waals surface area contributed by atoms with Crippen LogP contribution in [0, 0.1) is 17.5 Å². The molecule has 7 nitrogen and oxygen atoms in total. The molecule has 0 unspecified atom stereocenters. The number of hydrogen-bond acceptors (Lipinski definition) is 3. The van der Waals surface area contributed by atoms with Crippen LogP contribution in [0.5, 0.6) is 0 Å². The van der Waals surface area contributed by atoms with Gasteiger partial charge in [0.1, 0.15) is 22.3 Å². The smallest absolute Gasteiger partial charge is 0.245 e. The first kappa shape index (κ1) is 31.9. The van der Waals surface area contributed by atoms with Gasteiger partial charge in [0.05, 0.1) is 5.69 Å². The van der Waals surface area contributed by atoms with Crippen molar-refractivity contribution in [3.8, 4) is 33.8 Å². The number of nitrogens with one attached hydrogen (secondary N) is 2. The summed E-state index contributed by atoms with van der Waals surface area (Å²) in [6.45, 7) is 0.208. The highest BCUT2D eigenvalue weighted by molar-refractivity contribution is 7.89. The van der Waals surface area contributed by atoms with E-state index in [2.05, 4.69) is 15.0 Å². The number of aromatic amines is 2. The van der Waals surface area contributed by atoms with Gasteiger partial charge >= 0.3 is 0 Å². The van der Waals surface area contributed by atoms with E-state index in [1.54, 1.807) is 91.4 Å². The second-order valence-corrected chi connectivity index (χ2v) is 13.5. The highest BCUT2D eigenvalue weighted by atomic mass is 32.2. The standard InChI is InChI=1S/C38H30F3N5O2S/c39-33-12-4-1-9-30(33)36-16-26(19-43-36)22-45-23-28(18-38(45)32-11-3-6-14-35(32)41)25-46(49(47,48)29-8-7-15-42-21-29)24-27-17-37(44-20-27)31-10-2-5-13-34(31)40/h1-21,23,43-44H,22,24-25H2. The predicted molar refractivity (Wildman–Crippen MR) is 182 cm³/mol. The molecule has 3 aromatic carbocycles. The normalized spacial score (nSPS) is 11.8. The fourth-order valence-electron chi connectivity index (χ4n) is 5.89. The number of nitrogens with zero attached hydrogens (tertiary/aromatic N) is 3. The maximum absolute atomic E-state index is 15.2. The van der Waals surface area contributed by atoms with Gasteiger partial charge in [-0.25, -0.2) is 21.6 Å². The van der Waals surface area contributed by atoms with Crippen molar-refractivity contribution in [1.82, 2.24) is 23.8 Å². The van der Waals surface area contributed by atoms with Crippen LogP contribution < -0.4 is 0 Å². The van der Waals surface area contributed by atoms with E-state index >= 15 is 4.39 Å². The number of rotatable bonds is 11. The summed E-state index contributed by atoms with van der Waals surface area (Å²) in [6, 6.07) is 27.5. The molecule has 0 fully saturated rings. The van der Waals surface area contributed by atoms with Gasteiger partial charge in [-0.15, -0.1) is 0 Å². The maximum Gasteiger partial charge on any atom is 0.245 e. The second-order valence-electron chi connectivity index (χ2n) is 11.6. The molecule has 4 aromatic heterocycles. The molecule has 246 valence electrons. The van der Waals surface area contributed by atoms with E-state index in [1.807, 2.05) is 10.6 Å². The quantitative estimate of drug-likeness (QED) is 0.144. The Kier molecular flexibility index (Phi) is 8.77. The molecule has 0 bridgehead atoms. The Bertz CT molecular complexity index is 2350. The lowest BCUT2D eigenvalue weighted by Crippen LogP contribution is -2.30. The van der Waals surface area contributed by atoms with E-state index in [9.17, 15) is 17.2 Å². The van der Waals surface area contributed by atoms with Crippen LogP contribution in [0.15, 0.2) is 139 Å². The highest BCUT2D eigenvalue weighted by Crippen LogP contribution is 2.31. The van der Waals surface area contributed by atoms with Gasteiger partial charge in [0.15, 0.2) is 0 Å². The first-order valence-corrected chi connectivity index (χ1v) is 16.9. The van der Waals surface area contributed by atoms with Crippen molar-refractivity contribution in [3.63, 3.8) is 0 Å². The van der Waals surface area contributed by atoms with Gasteiger partial charge in [-0.1, -0.05) is 36.4 Å². The zero-order valence-electron chi connectivity index (χ0n) is 26.0. The zero-order chi connectivity index (χ0) is 34.0. The molecular formula is C38H30F3N5O2S. The predicted octanol–water partition coefficient (Wildman–Crippen LogP) is 8.40. The van der Waals surface area contributed by atoms with Crippen LogP contribution in [0.25, 0.3) is 33.8 Å². The number of pyridine rings is 1. The van der Waals surface area contributed by atoms with E-state index in [1.165, 1.54) is 41.0 Å². The summed E-state index contributed by atoms with van der Waals surface area (Å²) >= 11 is 0. The molecule has 0 saturated heterocycles. The molecule has 49 heavy (non-hydrogen) atoms. The summed E-state index contributed by atoms with van der Waals surface area (Å²) in [5, 5.41) is 0. The van der Waals surface area contributed by atoms with Crippen molar-refractivity contribution < 1.29 is 21.6 Å². The van der Waals surface area contributed by atoms with Crippen molar-refractivity contribution in [2.75, 3.05) is 0 Å². The lowest BCUT2D eigenvalue weighted by atomic mass is 10.1. The van der Waals surface area contributed by atoms with E-state index in [0.29, 0.717) is 51.4 Å². The Balaban J connectivity index is 1.25. The van der Waals surface area contributed by atoms with Crippen molar-refractivity contribution in [2.24, 2.45) is 0 Å². The minimum Gasteiger partial charge on any atom is -0.361 e. The van der Waals surface area contributed by atoms with Crippen LogP contribution in [0.2, 0.25) is 0 Å². The average Bonchev–Trinajstić information content (AvgIpc) is 3.86. The monoisotopic (exact) mass is 677 g/mol. The Morgan fingerprint density at radius 1 is 0.653 bits per heavy atom. The van der Waals surface area contributed by atoms with Crippen LogP contribution in [-0.2, 0) is 29.7 Å². The summed E-state index contributed by atoms with van der Waals surface area (Å²) in [5.74, 6) is -1.19. The molecule has 0 radical (unpaired) electrons. The van der Waals surface area contributed by atoms with E-state index in [4.69, 9.17) is 0 Å². The van der Waals surface area contributed by atoms with Crippen LogP contribution in [0.1, 0.15) is 16.7 Å². The van der Waals surface area contributed by atoms with E-state index < -0.39 is 21.7 Å². The molecule has 0 aliphatic rings. The summed E-state index contributed by atoms with van der Waals surface area (Å²) in [7, 11) is -4.07. The van der Waals surface area contributed by atoms with Crippen molar-refractivity contribution in [2.45, 2.75) is 24.5 Å². The lowest BCUT2D eigenvalue weighted by molar-refractivity contribution is 0.401. The van der Waals surface area contributed by atoms with Gasteiger partial charge in [0.25, 0.3) is 0 Å². The minimum atomic E-state index is -4.07. The topological polar surface area (TPSA) is 86.8 Å². The number of aromatic nitrogens is 4. The molecule has 0 atom stereocenters. The Morgan fingerprint density at radius 2 is 1.20 bits per heavy atom. The van der Waals surface area contributed by atoms with Crippen LogP contribution in [-0.4, -0.2) is 32.2 Å². The van der Waals surface area contributed by atoms with Crippen molar-refractivity contribution in [1.29, 1.82) is 0 Å². The van der Waals surface area contributed by atoms with E-state index in [0.717, 1.165) is 5.56 Å². The molecule has 2 N–H and O–H groups in total. The van der Waals surface area contributed by atoms with Crippen LogP contribution in [0.4, 0.5) is 13.2 Å². The summed E-state index contributed by atoms with van der Waals surface area (Å²) < 4.78 is 75.5. The molecule has 0 spiro atoms. The molecule has 4 heterocycles. The number of sulfonamides is 1. The molecular weight excluding hydrogens is 648 g/mol. The van der Waals surface area contributed by atoms with Crippen molar-refractivity contribution >= 4 is 10.0 Å². The average molecular weight is 678 g/mol. The maximum atomic E-state index is 15.2. The van der Waals surface area contributed by atoms with Crippen LogP contribution >= 0.6 is 0 Å². The summed E-state index contributed by atoms with van der Waals surface area (Å²) in [4.78, 5) is 10.2. The van der Waals surface area contributed by atoms with Gasteiger partial charge in [-0.05, 0) is 83.4 Å². The molecule has 0 aliphatic carbocycles. The number of hydrogen-bond donors (Lipinski definition) is 2. The van der Waals surface area contributed by atoms with Crippen molar-refractivity contribution in [3.05, 3.63) is 168 Å². The first-order chi connectivity index (χ1) is 23.8. The van der Waals surface area contributed by atoms with Gasteiger partial charge in [-0.2, -0.15) is 4.31 Å². The minimum absolute atomic E-state index is 0.0154. The molecule has 0 saturated carbocycles.